The lowest BCUT2D eigenvalue weighted by Gasteiger charge is -2.23. The number of carbonyl (C=O) groups excluding carboxylic acids is 1. The van der Waals surface area contributed by atoms with Crippen LogP contribution in [0.1, 0.15) is 12.8 Å². The van der Waals surface area contributed by atoms with E-state index in [0.717, 1.165) is 31.7 Å². The minimum absolute atomic E-state index is 0.274. The summed E-state index contributed by atoms with van der Waals surface area (Å²) < 4.78 is 5.10. The second kappa shape index (κ2) is 5.71. The van der Waals surface area contributed by atoms with Crippen LogP contribution in [0.15, 0.2) is 18.3 Å². The van der Waals surface area contributed by atoms with Gasteiger partial charge in [-0.2, -0.15) is 0 Å². The van der Waals surface area contributed by atoms with Crippen molar-refractivity contribution in [3.8, 4) is 5.88 Å². The quantitative estimate of drug-likeness (QED) is 0.785. The maximum Gasteiger partial charge on any atom is 0.222 e. The van der Waals surface area contributed by atoms with Crippen LogP contribution in [0.5, 0.6) is 5.88 Å². The van der Waals surface area contributed by atoms with E-state index in [1.54, 1.807) is 13.3 Å². The summed E-state index contributed by atoms with van der Waals surface area (Å²) in [5, 5.41) is 0. The molecule has 0 aromatic carbocycles. The standard InChI is InChI=1S/C13H19N3O2/c1-15(8-9-16-7-3-4-13(16)17)11-5-6-14-12(10-11)18-2/h5-6,10H,3-4,7-9H2,1-2H3. The zero-order chi connectivity index (χ0) is 13.0. The Balaban J connectivity index is 1.90. The third kappa shape index (κ3) is 2.91. The SMILES string of the molecule is COc1cc(N(C)CCN2CCCC2=O)ccn1. The molecule has 1 saturated heterocycles. The summed E-state index contributed by atoms with van der Waals surface area (Å²) in [5.74, 6) is 0.882. The van der Waals surface area contributed by atoms with E-state index in [-0.39, 0.29) is 5.91 Å². The second-order valence-electron chi connectivity index (χ2n) is 4.46. The summed E-state index contributed by atoms with van der Waals surface area (Å²) in [5.41, 5.74) is 1.05. The van der Waals surface area contributed by atoms with E-state index >= 15 is 0 Å². The Kier molecular flexibility index (Phi) is 4.02. The Morgan fingerprint density at radius 1 is 1.56 bits per heavy atom. The van der Waals surface area contributed by atoms with Gasteiger partial charge in [0.15, 0.2) is 0 Å². The Hall–Kier alpha value is -1.78. The predicted molar refractivity (Wildman–Crippen MR) is 69.9 cm³/mol. The van der Waals surface area contributed by atoms with Gasteiger partial charge in [-0.05, 0) is 12.5 Å². The fourth-order valence-electron chi connectivity index (χ4n) is 2.09. The van der Waals surface area contributed by atoms with Crippen LogP contribution >= 0.6 is 0 Å². The van der Waals surface area contributed by atoms with Crippen molar-refractivity contribution in [2.75, 3.05) is 38.7 Å². The molecule has 1 aliphatic heterocycles. The number of anilines is 1. The van der Waals surface area contributed by atoms with Crippen LogP contribution in [0.3, 0.4) is 0 Å². The highest BCUT2D eigenvalue weighted by atomic mass is 16.5. The van der Waals surface area contributed by atoms with E-state index in [1.807, 2.05) is 24.1 Å². The van der Waals surface area contributed by atoms with Gasteiger partial charge in [0.25, 0.3) is 0 Å². The van der Waals surface area contributed by atoms with Crippen molar-refractivity contribution in [1.29, 1.82) is 0 Å². The van der Waals surface area contributed by atoms with Gasteiger partial charge in [-0.25, -0.2) is 4.98 Å². The normalized spacial score (nSPS) is 15.0. The number of amides is 1. The number of carbonyl (C=O) groups is 1. The number of likely N-dealkylation sites (N-methyl/N-ethyl adjacent to an activating group) is 1. The number of methoxy groups -OCH3 is 1. The monoisotopic (exact) mass is 249 g/mol. The number of aromatic nitrogens is 1. The third-order valence-electron chi connectivity index (χ3n) is 3.25. The van der Waals surface area contributed by atoms with Gasteiger partial charge < -0.3 is 14.5 Å². The minimum atomic E-state index is 0.274. The van der Waals surface area contributed by atoms with Crippen molar-refractivity contribution in [2.45, 2.75) is 12.8 Å². The Bertz CT molecular complexity index is 422. The van der Waals surface area contributed by atoms with Gasteiger partial charge in [0.05, 0.1) is 7.11 Å². The van der Waals surface area contributed by atoms with Crippen molar-refractivity contribution < 1.29 is 9.53 Å². The molecule has 0 bridgehead atoms. The topological polar surface area (TPSA) is 45.7 Å². The molecule has 1 aromatic heterocycles. The van der Waals surface area contributed by atoms with E-state index in [4.69, 9.17) is 4.74 Å². The maximum atomic E-state index is 11.5. The molecule has 0 atom stereocenters. The molecule has 5 heteroatoms. The summed E-state index contributed by atoms with van der Waals surface area (Å²) >= 11 is 0. The molecule has 0 radical (unpaired) electrons. The molecule has 1 aromatic rings. The molecule has 18 heavy (non-hydrogen) atoms. The zero-order valence-corrected chi connectivity index (χ0v) is 10.9. The molecule has 98 valence electrons. The highest BCUT2D eigenvalue weighted by Crippen LogP contribution is 2.17. The molecule has 0 N–H and O–H groups in total. The number of nitrogens with zero attached hydrogens (tertiary/aromatic N) is 3. The Morgan fingerprint density at radius 3 is 3.06 bits per heavy atom. The van der Waals surface area contributed by atoms with Crippen molar-refractivity contribution in [3.63, 3.8) is 0 Å². The highest BCUT2D eigenvalue weighted by molar-refractivity contribution is 5.78. The van der Waals surface area contributed by atoms with E-state index in [9.17, 15) is 4.79 Å². The lowest BCUT2D eigenvalue weighted by atomic mass is 10.3. The summed E-state index contributed by atoms with van der Waals surface area (Å²) in [6, 6.07) is 3.83. The fraction of sp³-hybridized carbons (Fsp3) is 0.538. The van der Waals surface area contributed by atoms with Gasteiger partial charge in [-0.15, -0.1) is 0 Å². The number of rotatable bonds is 5. The average Bonchev–Trinajstić information content (AvgIpc) is 2.81. The summed E-state index contributed by atoms with van der Waals surface area (Å²) in [6.45, 7) is 2.49. The molecule has 0 aliphatic carbocycles. The summed E-state index contributed by atoms with van der Waals surface area (Å²) in [7, 11) is 3.62. The lowest BCUT2D eigenvalue weighted by molar-refractivity contribution is -0.127. The molecular weight excluding hydrogens is 230 g/mol. The second-order valence-corrected chi connectivity index (χ2v) is 4.46. The molecule has 2 rings (SSSR count). The van der Waals surface area contributed by atoms with Crippen LogP contribution in [0.4, 0.5) is 5.69 Å². The van der Waals surface area contributed by atoms with Gasteiger partial charge in [-0.3, -0.25) is 4.79 Å². The molecule has 0 spiro atoms. The third-order valence-corrected chi connectivity index (χ3v) is 3.25. The van der Waals surface area contributed by atoms with Crippen LogP contribution in [-0.4, -0.2) is 49.6 Å². The van der Waals surface area contributed by atoms with E-state index in [0.29, 0.717) is 12.3 Å². The van der Waals surface area contributed by atoms with E-state index < -0.39 is 0 Å². The average molecular weight is 249 g/mol. The molecule has 2 heterocycles. The van der Waals surface area contributed by atoms with Crippen LogP contribution in [0, 0.1) is 0 Å². The zero-order valence-electron chi connectivity index (χ0n) is 10.9. The lowest BCUT2D eigenvalue weighted by Crippen LogP contribution is -2.33. The van der Waals surface area contributed by atoms with Gasteiger partial charge in [0.1, 0.15) is 0 Å². The Morgan fingerprint density at radius 2 is 2.39 bits per heavy atom. The smallest absolute Gasteiger partial charge is 0.222 e. The number of likely N-dealkylation sites (tertiary alicyclic amines) is 1. The van der Waals surface area contributed by atoms with Crippen molar-refractivity contribution in [3.05, 3.63) is 18.3 Å². The highest BCUT2D eigenvalue weighted by Gasteiger charge is 2.19. The predicted octanol–water partition coefficient (Wildman–Crippen LogP) is 1.15. The van der Waals surface area contributed by atoms with Crippen molar-refractivity contribution >= 4 is 11.6 Å². The maximum absolute atomic E-state index is 11.5. The summed E-state index contributed by atoms with van der Waals surface area (Å²) in [4.78, 5) is 19.6. The van der Waals surface area contributed by atoms with Gasteiger partial charge in [0.2, 0.25) is 11.8 Å². The van der Waals surface area contributed by atoms with Crippen molar-refractivity contribution in [2.24, 2.45) is 0 Å². The Labute approximate surface area is 107 Å². The van der Waals surface area contributed by atoms with E-state index in [1.165, 1.54) is 0 Å². The molecule has 5 nitrogen and oxygen atoms in total. The first-order chi connectivity index (χ1) is 8.70. The molecular formula is C13H19N3O2. The first kappa shape index (κ1) is 12.7. The van der Waals surface area contributed by atoms with Crippen LogP contribution in [0.25, 0.3) is 0 Å². The molecule has 1 amide bonds. The summed E-state index contributed by atoms with van der Waals surface area (Å²) in [6.07, 6.45) is 3.42. The minimum Gasteiger partial charge on any atom is -0.481 e. The molecule has 0 unspecified atom stereocenters. The van der Waals surface area contributed by atoms with Gasteiger partial charge >= 0.3 is 0 Å². The van der Waals surface area contributed by atoms with Crippen LogP contribution in [-0.2, 0) is 4.79 Å². The first-order valence-electron chi connectivity index (χ1n) is 6.19. The fourth-order valence-corrected chi connectivity index (χ4v) is 2.09. The number of hydrogen-bond acceptors (Lipinski definition) is 4. The molecule has 1 aliphatic rings. The van der Waals surface area contributed by atoms with Crippen LogP contribution in [0.2, 0.25) is 0 Å². The van der Waals surface area contributed by atoms with E-state index in [2.05, 4.69) is 9.88 Å². The number of pyridine rings is 1. The largest absolute Gasteiger partial charge is 0.481 e. The molecule has 0 saturated carbocycles. The van der Waals surface area contributed by atoms with Crippen LogP contribution < -0.4 is 9.64 Å². The number of hydrogen-bond donors (Lipinski definition) is 0. The van der Waals surface area contributed by atoms with Gasteiger partial charge in [0, 0.05) is 51.1 Å². The first-order valence-corrected chi connectivity index (χ1v) is 6.19. The molecule has 1 fully saturated rings. The van der Waals surface area contributed by atoms with Gasteiger partial charge in [-0.1, -0.05) is 0 Å². The van der Waals surface area contributed by atoms with Crippen molar-refractivity contribution in [1.82, 2.24) is 9.88 Å². The number of ether oxygens (including phenoxy) is 1.